The summed E-state index contributed by atoms with van der Waals surface area (Å²) < 4.78 is 5.38. The number of hydrogen-bond acceptors (Lipinski definition) is 6. The molecule has 1 aromatic carbocycles. The van der Waals surface area contributed by atoms with Crippen molar-refractivity contribution in [1.29, 1.82) is 0 Å². The summed E-state index contributed by atoms with van der Waals surface area (Å²) in [5.74, 6) is 2.36. The van der Waals surface area contributed by atoms with Crippen molar-refractivity contribution in [1.82, 2.24) is 14.9 Å². The maximum Gasteiger partial charge on any atom is 0.226 e. The number of nitrogens with zero attached hydrogens (tertiary/aromatic N) is 4. The molecular weight excluding hydrogens is 432 g/mol. The number of carbonyl (C=O) groups is 1. The minimum Gasteiger partial charge on any atom is -0.497 e. The van der Waals surface area contributed by atoms with Crippen molar-refractivity contribution in [3.05, 3.63) is 46.6 Å². The number of aromatic nitrogens is 2. The number of carbonyl (C=O) groups excluding carboxylic acids is 1. The molecule has 5 rings (SSSR count). The maximum atomic E-state index is 13.5. The highest BCUT2D eigenvalue weighted by Gasteiger charge is 2.35. The predicted molar refractivity (Wildman–Crippen MR) is 133 cm³/mol. The molecule has 6 nitrogen and oxygen atoms in total. The molecule has 7 heteroatoms. The molecule has 0 bridgehead atoms. The normalized spacial score (nSPS) is 19.4. The first kappa shape index (κ1) is 22.1. The van der Waals surface area contributed by atoms with Gasteiger partial charge in [-0.2, -0.15) is 0 Å². The van der Waals surface area contributed by atoms with Gasteiger partial charge in [0.15, 0.2) is 0 Å². The van der Waals surface area contributed by atoms with E-state index in [0.717, 1.165) is 68.1 Å². The number of ether oxygens (including phenoxy) is 1. The summed E-state index contributed by atoms with van der Waals surface area (Å²) in [4.78, 5) is 29.5. The lowest BCUT2D eigenvalue weighted by Gasteiger charge is -2.35. The molecule has 1 unspecified atom stereocenters. The largest absolute Gasteiger partial charge is 0.497 e. The van der Waals surface area contributed by atoms with Gasteiger partial charge in [0.2, 0.25) is 5.91 Å². The Balaban J connectivity index is 1.25. The van der Waals surface area contributed by atoms with Gasteiger partial charge in [0.1, 0.15) is 22.7 Å². The van der Waals surface area contributed by atoms with Gasteiger partial charge in [-0.1, -0.05) is 12.1 Å². The quantitative estimate of drug-likeness (QED) is 0.545. The third-order valence-electron chi connectivity index (χ3n) is 7.35. The number of piperidine rings is 1. The Morgan fingerprint density at radius 2 is 1.97 bits per heavy atom. The Bertz CT molecular complexity index is 1150. The van der Waals surface area contributed by atoms with Gasteiger partial charge in [0.05, 0.1) is 12.5 Å². The fraction of sp³-hybridized carbons (Fsp3) is 0.500. The number of likely N-dealkylation sites (tertiary alicyclic amines) is 1. The van der Waals surface area contributed by atoms with E-state index in [0.29, 0.717) is 11.9 Å². The van der Waals surface area contributed by atoms with Crippen molar-refractivity contribution in [2.45, 2.75) is 52.0 Å². The van der Waals surface area contributed by atoms with Crippen LogP contribution in [0.15, 0.2) is 30.6 Å². The van der Waals surface area contributed by atoms with Crippen molar-refractivity contribution in [3.63, 3.8) is 0 Å². The lowest BCUT2D eigenvalue weighted by atomic mass is 9.94. The molecule has 2 aliphatic rings. The fourth-order valence-electron chi connectivity index (χ4n) is 5.39. The van der Waals surface area contributed by atoms with E-state index in [4.69, 9.17) is 4.74 Å². The highest BCUT2D eigenvalue weighted by atomic mass is 32.1. The molecule has 33 heavy (non-hydrogen) atoms. The van der Waals surface area contributed by atoms with Crippen LogP contribution in [-0.4, -0.2) is 53.6 Å². The summed E-state index contributed by atoms with van der Waals surface area (Å²) >= 11 is 1.74. The number of fused-ring (bicyclic) bond motifs is 1. The van der Waals surface area contributed by atoms with Gasteiger partial charge >= 0.3 is 0 Å². The molecule has 0 N–H and O–H groups in total. The van der Waals surface area contributed by atoms with E-state index in [1.54, 1.807) is 24.8 Å². The highest BCUT2D eigenvalue weighted by molar-refractivity contribution is 7.18. The van der Waals surface area contributed by atoms with E-state index in [1.165, 1.54) is 21.4 Å². The van der Waals surface area contributed by atoms with E-state index in [2.05, 4.69) is 45.7 Å². The van der Waals surface area contributed by atoms with E-state index < -0.39 is 0 Å². The molecule has 2 aromatic heterocycles. The molecule has 0 spiro atoms. The molecule has 174 valence electrons. The average molecular weight is 465 g/mol. The molecule has 0 saturated carbocycles. The number of anilines is 1. The molecule has 0 radical (unpaired) electrons. The van der Waals surface area contributed by atoms with Crippen molar-refractivity contribution < 1.29 is 9.53 Å². The molecule has 4 heterocycles. The molecular formula is C26H32N4O2S. The van der Waals surface area contributed by atoms with Gasteiger partial charge in [0, 0.05) is 36.5 Å². The minimum absolute atomic E-state index is 0.106. The van der Waals surface area contributed by atoms with E-state index in [-0.39, 0.29) is 5.92 Å². The number of amides is 1. The van der Waals surface area contributed by atoms with Gasteiger partial charge in [-0.3, -0.25) is 4.79 Å². The van der Waals surface area contributed by atoms with Crippen LogP contribution in [0.25, 0.3) is 10.2 Å². The van der Waals surface area contributed by atoms with Crippen LogP contribution < -0.4 is 9.64 Å². The summed E-state index contributed by atoms with van der Waals surface area (Å²) in [6.07, 6.45) is 6.52. The summed E-state index contributed by atoms with van der Waals surface area (Å²) in [5, 5.41) is 1.18. The summed E-state index contributed by atoms with van der Waals surface area (Å²) in [6, 6.07) is 8.53. The van der Waals surface area contributed by atoms with Crippen LogP contribution in [0.5, 0.6) is 5.75 Å². The maximum absolute atomic E-state index is 13.5. The topological polar surface area (TPSA) is 58.6 Å². The number of benzene rings is 1. The van der Waals surface area contributed by atoms with Gasteiger partial charge in [-0.15, -0.1) is 11.3 Å². The Morgan fingerprint density at radius 3 is 2.76 bits per heavy atom. The van der Waals surface area contributed by atoms with Crippen LogP contribution in [0, 0.1) is 19.8 Å². The lowest BCUT2D eigenvalue weighted by molar-refractivity contribution is -0.137. The number of rotatable bonds is 5. The standard InChI is InChI=1S/C26H32N4O2S/c1-17-18(2)33-25-23(17)24(27-16-28-25)29-12-9-20(10-13-29)26(31)30-11-5-7-21(30)14-19-6-4-8-22(15-19)32-3/h4,6,8,15-16,20-21H,5,7,9-14H2,1-3H3. The minimum atomic E-state index is 0.106. The number of thiophene rings is 1. The Hall–Kier alpha value is -2.67. The monoisotopic (exact) mass is 464 g/mol. The number of aryl methyl sites for hydroxylation is 2. The Labute approximate surface area is 199 Å². The second-order valence-electron chi connectivity index (χ2n) is 9.31. The molecule has 3 aromatic rings. The van der Waals surface area contributed by atoms with Crippen molar-refractivity contribution >= 4 is 33.3 Å². The van der Waals surface area contributed by atoms with Crippen LogP contribution in [0.4, 0.5) is 5.82 Å². The molecule has 1 atom stereocenters. The number of methoxy groups -OCH3 is 1. The smallest absolute Gasteiger partial charge is 0.226 e. The average Bonchev–Trinajstić information content (AvgIpc) is 3.42. The molecule has 1 amide bonds. The van der Waals surface area contributed by atoms with E-state index in [1.807, 2.05) is 12.1 Å². The third-order valence-corrected chi connectivity index (χ3v) is 8.47. The first-order chi connectivity index (χ1) is 16.0. The molecule has 2 aliphatic heterocycles. The fourth-order valence-corrected chi connectivity index (χ4v) is 6.38. The van der Waals surface area contributed by atoms with Crippen LogP contribution in [0.2, 0.25) is 0 Å². The third kappa shape index (κ3) is 4.31. The van der Waals surface area contributed by atoms with Crippen LogP contribution in [0.3, 0.4) is 0 Å². The molecule has 0 aliphatic carbocycles. The zero-order valence-electron chi connectivity index (χ0n) is 19.7. The Kier molecular flexibility index (Phi) is 6.23. The van der Waals surface area contributed by atoms with E-state index >= 15 is 0 Å². The van der Waals surface area contributed by atoms with Crippen molar-refractivity contribution in [2.24, 2.45) is 5.92 Å². The summed E-state index contributed by atoms with van der Waals surface area (Å²) in [6.45, 7) is 6.92. The van der Waals surface area contributed by atoms with Crippen LogP contribution in [-0.2, 0) is 11.2 Å². The second kappa shape index (κ2) is 9.29. The first-order valence-electron chi connectivity index (χ1n) is 11.9. The Morgan fingerprint density at radius 1 is 1.15 bits per heavy atom. The second-order valence-corrected chi connectivity index (χ2v) is 10.5. The van der Waals surface area contributed by atoms with Crippen LogP contribution >= 0.6 is 11.3 Å². The van der Waals surface area contributed by atoms with E-state index in [9.17, 15) is 4.79 Å². The van der Waals surface area contributed by atoms with Gasteiger partial charge < -0.3 is 14.5 Å². The zero-order valence-corrected chi connectivity index (χ0v) is 20.5. The van der Waals surface area contributed by atoms with Gasteiger partial charge in [0.25, 0.3) is 0 Å². The van der Waals surface area contributed by atoms with Gasteiger partial charge in [-0.25, -0.2) is 9.97 Å². The van der Waals surface area contributed by atoms with Crippen molar-refractivity contribution in [3.8, 4) is 5.75 Å². The van der Waals surface area contributed by atoms with Gasteiger partial charge in [-0.05, 0) is 69.2 Å². The first-order valence-corrected chi connectivity index (χ1v) is 12.8. The van der Waals surface area contributed by atoms with Crippen molar-refractivity contribution in [2.75, 3.05) is 31.6 Å². The number of hydrogen-bond donors (Lipinski definition) is 0. The SMILES string of the molecule is COc1cccc(CC2CCCN2C(=O)C2CCN(c3ncnc4sc(C)c(C)c34)CC2)c1. The predicted octanol–water partition coefficient (Wildman–Crippen LogP) is 4.77. The lowest BCUT2D eigenvalue weighted by Crippen LogP contribution is -2.45. The highest BCUT2D eigenvalue weighted by Crippen LogP contribution is 2.36. The summed E-state index contributed by atoms with van der Waals surface area (Å²) in [5.41, 5.74) is 2.52. The molecule has 2 fully saturated rings. The molecule has 2 saturated heterocycles. The van der Waals surface area contributed by atoms with Crippen LogP contribution in [0.1, 0.15) is 41.7 Å². The summed E-state index contributed by atoms with van der Waals surface area (Å²) in [7, 11) is 1.70. The zero-order chi connectivity index (χ0) is 22.9.